The predicted molar refractivity (Wildman–Crippen MR) is 104 cm³/mol. The summed E-state index contributed by atoms with van der Waals surface area (Å²) in [5.74, 6) is -7.46. The average Bonchev–Trinajstić information content (AvgIpc) is 3.21. The zero-order valence-corrected chi connectivity index (χ0v) is 17.6. The maximum Gasteiger partial charge on any atom is 0.463 e. The number of hydrogen-bond donors (Lipinski definition) is 1. The van der Waals surface area contributed by atoms with Crippen molar-refractivity contribution >= 4 is 11.7 Å². The Morgan fingerprint density at radius 3 is 2.29 bits per heavy atom. The Morgan fingerprint density at radius 2 is 1.71 bits per heavy atom. The number of aromatic nitrogens is 1. The number of pyridine rings is 1. The zero-order chi connectivity index (χ0) is 25.3. The number of hydrogen-bond acceptors (Lipinski definition) is 4. The van der Waals surface area contributed by atoms with Crippen LogP contribution in [0.5, 0.6) is 5.75 Å². The standard InChI is InChI=1S/C21H19F8N3O2/c1-12(30-18(33)19(22,23)21(27,28)29)13-5-7-14(8-6-13)34-15-9-10-32(11-15)17-4-2-3-16(31-17)20(24,25)26/h2-8,12,15H,9-11H2,1H3,(H,30,33)/t12-,15?/m0/s1. The lowest BCUT2D eigenvalue weighted by atomic mass is 10.1. The van der Waals surface area contributed by atoms with Gasteiger partial charge in [-0.2, -0.15) is 35.1 Å². The molecule has 1 aliphatic rings. The Morgan fingerprint density at radius 1 is 1.06 bits per heavy atom. The van der Waals surface area contributed by atoms with Crippen LogP contribution in [0.1, 0.15) is 30.6 Å². The van der Waals surface area contributed by atoms with Crippen LogP contribution in [0, 0.1) is 0 Å². The van der Waals surface area contributed by atoms with Crippen LogP contribution in [-0.4, -0.2) is 42.2 Å². The van der Waals surface area contributed by atoms with E-state index in [2.05, 4.69) is 4.98 Å². The monoisotopic (exact) mass is 497 g/mol. The number of rotatable bonds is 6. The third kappa shape index (κ3) is 5.68. The van der Waals surface area contributed by atoms with Crippen LogP contribution in [0.4, 0.5) is 40.9 Å². The minimum atomic E-state index is -6.01. The summed E-state index contributed by atoms with van der Waals surface area (Å²) in [5, 5.41) is 1.63. The Hall–Kier alpha value is -3.12. The Kier molecular flexibility index (Phi) is 6.94. The van der Waals surface area contributed by atoms with Crippen LogP contribution in [0.3, 0.4) is 0 Å². The molecule has 0 radical (unpaired) electrons. The van der Waals surface area contributed by atoms with E-state index in [4.69, 9.17) is 4.74 Å². The number of nitrogens with one attached hydrogen (secondary N) is 1. The van der Waals surface area contributed by atoms with Crippen molar-refractivity contribution in [3.63, 3.8) is 0 Å². The van der Waals surface area contributed by atoms with Crippen molar-refractivity contribution in [2.75, 3.05) is 18.0 Å². The van der Waals surface area contributed by atoms with Gasteiger partial charge in [-0.3, -0.25) is 4.79 Å². The minimum absolute atomic E-state index is 0.163. The van der Waals surface area contributed by atoms with E-state index in [-0.39, 0.29) is 24.0 Å². The number of benzene rings is 1. The second kappa shape index (κ2) is 9.26. The molecule has 0 spiro atoms. The molecule has 0 saturated carbocycles. The first-order valence-corrected chi connectivity index (χ1v) is 10.00. The van der Waals surface area contributed by atoms with E-state index in [9.17, 15) is 39.9 Å². The summed E-state index contributed by atoms with van der Waals surface area (Å²) >= 11 is 0. The van der Waals surface area contributed by atoms with Crippen molar-refractivity contribution in [3.8, 4) is 5.75 Å². The third-order valence-corrected chi connectivity index (χ3v) is 5.17. The summed E-state index contributed by atoms with van der Waals surface area (Å²) in [7, 11) is 0. The smallest absolute Gasteiger partial charge is 0.463 e. The van der Waals surface area contributed by atoms with Crippen LogP contribution in [0.2, 0.25) is 0 Å². The summed E-state index contributed by atoms with van der Waals surface area (Å²) in [5.41, 5.74) is -0.737. The predicted octanol–water partition coefficient (Wildman–Crippen LogP) is 5.13. The maximum absolute atomic E-state index is 13.1. The van der Waals surface area contributed by atoms with Gasteiger partial charge < -0.3 is 15.0 Å². The first-order valence-electron chi connectivity index (χ1n) is 10.00. The van der Waals surface area contributed by atoms with Crippen molar-refractivity contribution in [2.24, 2.45) is 0 Å². The summed E-state index contributed by atoms with van der Waals surface area (Å²) in [6, 6.07) is 8.16. The van der Waals surface area contributed by atoms with Crippen molar-refractivity contribution in [1.29, 1.82) is 0 Å². The van der Waals surface area contributed by atoms with Crippen molar-refractivity contribution in [2.45, 2.75) is 43.8 Å². The molecule has 3 rings (SSSR count). The topological polar surface area (TPSA) is 54.5 Å². The average molecular weight is 497 g/mol. The van der Waals surface area contributed by atoms with Gasteiger partial charge in [-0.15, -0.1) is 0 Å². The van der Waals surface area contributed by atoms with Crippen LogP contribution in [0.15, 0.2) is 42.5 Å². The van der Waals surface area contributed by atoms with E-state index >= 15 is 0 Å². The van der Waals surface area contributed by atoms with Gasteiger partial charge in [0.05, 0.1) is 12.6 Å². The molecule has 1 aliphatic heterocycles. The number of anilines is 1. The number of halogens is 8. The van der Waals surface area contributed by atoms with Crippen LogP contribution in [-0.2, 0) is 11.0 Å². The quantitative estimate of drug-likeness (QED) is 0.563. The summed E-state index contributed by atoms with van der Waals surface area (Å²) in [4.78, 5) is 16.6. The molecular formula is C21H19F8N3O2. The number of nitrogens with zero attached hydrogens (tertiary/aromatic N) is 2. The molecule has 186 valence electrons. The Bertz CT molecular complexity index is 1010. The highest BCUT2D eigenvalue weighted by molar-refractivity contribution is 5.84. The fourth-order valence-corrected chi connectivity index (χ4v) is 3.32. The van der Waals surface area contributed by atoms with Crippen molar-refractivity contribution in [3.05, 3.63) is 53.7 Å². The minimum Gasteiger partial charge on any atom is -0.489 e. The molecule has 2 atom stereocenters. The second-order valence-electron chi connectivity index (χ2n) is 7.69. The molecule has 1 unspecified atom stereocenters. The number of amides is 1. The zero-order valence-electron chi connectivity index (χ0n) is 17.6. The van der Waals surface area contributed by atoms with E-state index in [1.165, 1.54) is 43.3 Å². The SMILES string of the molecule is C[C@H](NC(=O)C(F)(F)C(F)(F)F)c1ccc(OC2CCN(c3cccc(C(F)(F)F)n3)C2)cc1. The highest BCUT2D eigenvalue weighted by Gasteiger charge is 2.63. The first kappa shape index (κ1) is 25.5. The molecule has 0 aliphatic carbocycles. The van der Waals surface area contributed by atoms with Crippen LogP contribution >= 0.6 is 0 Å². The van der Waals surface area contributed by atoms with Gasteiger partial charge in [0.1, 0.15) is 23.4 Å². The highest BCUT2D eigenvalue weighted by Crippen LogP contribution is 2.36. The van der Waals surface area contributed by atoms with E-state index in [1.807, 2.05) is 0 Å². The van der Waals surface area contributed by atoms with Crippen molar-refractivity contribution < 1.29 is 44.7 Å². The molecule has 1 aromatic heterocycles. The lowest BCUT2D eigenvalue weighted by Gasteiger charge is -2.22. The molecule has 34 heavy (non-hydrogen) atoms. The Balaban J connectivity index is 1.58. The van der Waals surface area contributed by atoms with Gasteiger partial charge in [-0.1, -0.05) is 18.2 Å². The van der Waals surface area contributed by atoms with E-state index in [0.29, 0.717) is 18.7 Å². The largest absolute Gasteiger partial charge is 0.489 e. The van der Waals surface area contributed by atoms with Crippen LogP contribution in [0.25, 0.3) is 0 Å². The van der Waals surface area contributed by atoms with Gasteiger partial charge in [-0.05, 0) is 36.8 Å². The van der Waals surface area contributed by atoms with Gasteiger partial charge in [-0.25, -0.2) is 4.98 Å². The van der Waals surface area contributed by atoms with Gasteiger partial charge >= 0.3 is 24.2 Å². The number of carbonyl (C=O) groups excluding carboxylic acids is 1. The molecule has 1 aromatic carbocycles. The summed E-state index contributed by atoms with van der Waals surface area (Å²) < 4.78 is 108. The molecule has 0 bridgehead atoms. The summed E-state index contributed by atoms with van der Waals surface area (Å²) in [6.45, 7) is 1.93. The lowest BCUT2D eigenvalue weighted by molar-refractivity contribution is -0.270. The molecule has 13 heteroatoms. The molecule has 1 N–H and O–H groups in total. The molecule has 2 heterocycles. The van der Waals surface area contributed by atoms with Gasteiger partial charge in [0.15, 0.2) is 0 Å². The maximum atomic E-state index is 13.1. The number of carbonyl (C=O) groups is 1. The molecule has 5 nitrogen and oxygen atoms in total. The van der Waals surface area contributed by atoms with Gasteiger partial charge in [0, 0.05) is 13.0 Å². The number of alkyl halides is 8. The van der Waals surface area contributed by atoms with E-state index < -0.39 is 35.9 Å². The molecule has 2 aromatic rings. The summed E-state index contributed by atoms with van der Waals surface area (Å²) in [6.07, 6.45) is -10.4. The second-order valence-corrected chi connectivity index (χ2v) is 7.69. The fourth-order valence-electron chi connectivity index (χ4n) is 3.32. The van der Waals surface area contributed by atoms with Gasteiger partial charge in [0.2, 0.25) is 0 Å². The molecule has 1 saturated heterocycles. The van der Waals surface area contributed by atoms with Crippen LogP contribution < -0.4 is 15.0 Å². The normalized spacial score (nSPS) is 18.0. The lowest BCUT2D eigenvalue weighted by Crippen LogP contribution is -2.50. The molecular weight excluding hydrogens is 478 g/mol. The Labute approximate surface area is 188 Å². The number of ether oxygens (including phenoxy) is 1. The van der Waals surface area contributed by atoms with Crippen molar-refractivity contribution in [1.82, 2.24) is 10.3 Å². The fraction of sp³-hybridized carbons (Fsp3) is 0.429. The van der Waals surface area contributed by atoms with E-state index in [0.717, 1.165) is 6.07 Å². The molecule has 1 amide bonds. The first-order chi connectivity index (χ1) is 15.7. The highest BCUT2D eigenvalue weighted by atomic mass is 19.4. The molecule has 1 fully saturated rings. The van der Waals surface area contributed by atoms with Gasteiger partial charge in [0.25, 0.3) is 0 Å². The third-order valence-electron chi connectivity index (χ3n) is 5.17. The van der Waals surface area contributed by atoms with E-state index in [1.54, 1.807) is 10.2 Å².